The highest BCUT2D eigenvalue weighted by Crippen LogP contribution is 2.18. The van der Waals surface area contributed by atoms with Crippen molar-refractivity contribution >= 4 is 10.0 Å². The van der Waals surface area contributed by atoms with E-state index in [1.165, 1.54) is 16.9 Å². The lowest BCUT2D eigenvalue weighted by Crippen LogP contribution is -2.42. The topological polar surface area (TPSA) is 76.0 Å². The fraction of sp³-hybridized carbons (Fsp3) is 0.727. The Bertz CT molecular complexity index is 497. The molecule has 0 saturated carbocycles. The fourth-order valence-electron chi connectivity index (χ4n) is 2.24. The maximum Gasteiger partial charge on any atom is 0.257 e. The molecule has 1 saturated heterocycles. The molecule has 0 bridgehead atoms. The number of nitrogens with one attached hydrogen (secondary N) is 2. The summed E-state index contributed by atoms with van der Waals surface area (Å²) in [6.45, 7) is 4.53. The lowest BCUT2D eigenvalue weighted by molar-refractivity contribution is 0.275. The second kappa shape index (κ2) is 5.38. The lowest BCUT2D eigenvalue weighted by atomic mass is 9.88. The van der Waals surface area contributed by atoms with Gasteiger partial charge in [0.05, 0.1) is 6.20 Å². The van der Waals surface area contributed by atoms with E-state index in [1.54, 1.807) is 7.05 Å². The standard InChI is InChI=1S/C11H20N4O2S/c1-9-3-5-12-7-10(9)8-14-18(16,17)11-4-6-13-15(11)2/h4,6,9-10,12,14H,3,5,7-8H2,1-2H3. The maximum absolute atomic E-state index is 12.1. The van der Waals surface area contributed by atoms with Crippen LogP contribution in [0, 0.1) is 11.8 Å². The summed E-state index contributed by atoms with van der Waals surface area (Å²) in [7, 11) is -1.82. The third-order valence-electron chi connectivity index (χ3n) is 3.57. The van der Waals surface area contributed by atoms with Gasteiger partial charge < -0.3 is 5.32 Å². The first kappa shape index (κ1) is 13.5. The van der Waals surface area contributed by atoms with Crippen LogP contribution >= 0.6 is 0 Å². The molecule has 18 heavy (non-hydrogen) atoms. The molecule has 1 aliphatic heterocycles. The SMILES string of the molecule is CC1CCNCC1CNS(=O)(=O)c1ccnn1C. The van der Waals surface area contributed by atoms with Crippen molar-refractivity contribution in [1.29, 1.82) is 0 Å². The molecule has 0 spiro atoms. The quantitative estimate of drug-likeness (QED) is 0.805. The first-order chi connectivity index (χ1) is 8.50. The zero-order valence-corrected chi connectivity index (χ0v) is 11.6. The van der Waals surface area contributed by atoms with Crippen LogP contribution in [0.1, 0.15) is 13.3 Å². The summed E-state index contributed by atoms with van der Waals surface area (Å²) in [5.74, 6) is 0.891. The molecule has 2 unspecified atom stereocenters. The van der Waals surface area contributed by atoms with Crippen LogP contribution in [0.15, 0.2) is 17.3 Å². The molecule has 6 nitrogen and oxygen atoms in total. The third kappa shape index (κ3) is 2.90. The summed E-state index contributed by atoms with van der Waals surface area (Å²) in [5.41, 5.74) is 0. The van der Waals surface area contributed by atoms with Gasteiger partial charge in [0.2, 0.25) is 0 Å². The summed E-state index contributed by atoms with van der Waals surface area (Å²) in [6, 6.07) is 1.50. The van der Waals surface area contributed by atoms with Crippen molar-refractivity contribution in [3.8, 4) is 0 Å². The van der Waals surface area contributed by atoms with Crippen molar-refractivity contribution in [3.63, 3.8) is 0 Å². The molecule has 2 atom stereocenters. The Labute approximate surface area is 108 Å². The van der Waals surface area contributed by atoms with E-state index in [4.69, 9.17) is 0 Å². The van der Waals surface area contributed by atoms with E-state index in [0.29, 0.717) is 18.4 Å². The molecule has 102 valence electrons. The Morgan fingerprint density at radius 3 is 3.00 bits per heavy atom. The van der Waals surface area contributed by atoms with Gasteiger partial charge in [0.25, 0.3) is 10.0 Å². The van der Waals surface area contributed by atoms with Gasteiger partial charge in [0.15, 0.2) is 5.03 Å². The monoisotopic (exact) mass is 272 g/mol. The highest BCUT2D eigenvalue weighted by molar-refractivity contribution is 7.89. The third-order valence-corrected chi connectivity index (χ3v) is 5.07. The summed E-state index contributed by atoms with van der Waals surface area (Å²) in [5, 5.41) is 7.38. The Morgan fingerprint density at radius 1 is 1.61 bits per heavy atom. The molecule has 2 N–H and O–H groups in total. The van der Waals surface area contributed by atoms with Crippen LogP contribution in [0.5, 0.6) is 0 Å². The molecule has 7 heteroatoms. The van der Waals surface area contributed by atoms with Crippen LogP contribution in [0.3, 0.4) is 0 Å². The number of aromatic nitrogens is 2. The Hall–Kier alpha value is -0.920. The summed E-state index contributed by atoms with van der Waals surface area (Å²) in [4.78, 5) is 0. The average Bonchev–Trinajstić information content (AvgIpc) is 2.75. The van der Waals surface area contributed by atoms with Crippen LogP contribution in [0.2, 0.25) is 0 Å². The Kier molecular flexibility index (Phi) is 4.04. The number of sulfonamides is 1. The van der Waals surface area contributed by atoms with Gasteiger partial charge >= 0.3 is 0 Å². The van der Waals surface area contributed by atoms with Crippen LogP contribution in [0.25, 0.3) is 0 Å². The number of nitrogens with zero attached hydrogens (tertiary/aromatic N) is 2. The molecule has 0 radical (unpaired) electrons. The van der Waals surface area contributed by atoms with Crippen molar-refractivity contribution in [3.05, 3.63) is 12.3 Å². The lowest BCUT2D eigenvalue weighted by Gasteiger charge is -2.29. The van der Waals surface area contributed by atoms with Gasteiger partial charge in [-0.3, -0.25) is 4.68 Å². The molecule has 0 aliphatic carbocycles. The van der Waals surface area contributed by atoms with Crippen molar-refractivity contribution in [2.24, 2.45) is 18.9 Å². The molecule has 0 aromatic carbocycles. The number of hydrogen-bond donors (Lipinski definition) is 2. The fourth-order valence-corrected chi connectivity index (χ4v) is 3.46. The van der Waals surface area contributed by atoms with Gasteiger partial charge in [-0.25, -0.2) is 13.1 Å². The molecule has 1 aromatic heterocycles. The number of rotatable bonds is 4. The predicted molar refractivity (Wildman–Crippen MR) is 68.5 cm³/mol. The molecule has 2 rings (SSSR count). The van der Waals surface area contributed by atoms with E-state index in [1.807, 2.05) is 0 Å². The van der Waals surface area contributed by atoms with E-state index >= 15 is 0 Å². The number of hydrogen-bond acceptors (Lipinski definition) is 4. The van der Waals surface area contributed by atoms with E-state index in [0.717, 1.165) is 19.5 Å². The molecular formula is C11H20N4O2S. The van der Waals surface area contributed by atoms with E-state index in [2.05, 4.69) is 22.1 Å². The van der Waals surface area contributed by atoms with Crippen molar-refractivity contribution in [1.82, 2.24) is 19.8 Å². The molecule has 2 heterocycles. The summed E-state index contributed by atoms with van der Waals surface area (Å²) >= 11 is 0. The van der Waals surface area contributed by atoms with E-state index in [9.17, 15) is 8.42 Å². The van der Waals surface area contributed by atoms with Gasteiger partial charge in [-0.15, -0.1) is 0 Å². The Balaban J connectivity index is 1.99. The second-order valence-electron chi connectivity index (χ2n) is 4.88. The maximum atomic E-state index is 12.1. The van der Waals surface area contributed by atoms with Crippen LogP contribution in [0.4, 0.5) is 0 Å². The minimum atomic E-state index is -3.45. The zero-order valence-electron chi connectivity index (χ0n) is 10.8. The van der Waals surface area contributed by atoms with Gasteiger partial charge in [-0.2, -0.15) is 5.10 Å². The smallest absolute Gasteiger partial charge is 0.257 e. The van der Waals surface area contributed by atoms with Crippen molar-refractivity contribution < 1.29 is 8.42 Å². The average molecular weight is 272 g/mol. The van der Waals surface area contributed by atoms with Crippen LogP contribution < -0.4 is 10.0 Å². The van der Waals surface area contributed by atoms with Crippen LogP contribution in [-0.4, -0.2) is 37.8 Å². The van der Waals surface area contributed by atoms with E-state index < -0.39 is 10.0 Å². The largest absolute Gasteiger partial charge is 0.316 e. The van der Waals surface area contributed by atoms with E-state index in [-0.39, 0.29) is 5.03 Å². The van der Waals surface area contributed by atoms with Gasteiger partial charge in [-0.05, 0) is 37.4 Å². The highest BCUT2D eigenvalue weighted by Gasteiger charge is 2.24. The normalized spacial score (nSPS) is 25.2. The molecule has 1 aromatic rings. The molecule has 1 aliphatic rings. The summed E-state index contributed by atoms with van der Waals surface area (Å²) < 4.78 is 28.2. The first-order valence-electron chi connectivity index (χ1n) is 6.19. The summed E-state index contributed by atoms with van der Waals surface area (Å²) in [6.07, 6.45) is 2.58. The molecule has 0 amide bonds. The molecule has 1 fully saturated rings. The van der Waals surface area contributed by atoms with Gasteiger partial charge in [0, 0.05) is 13.6 Å². The number of piperidine rings is 1. The van der Waals surface area contributed by atoms with Crippen LogP contribution in [-0.2, 0) is 17.1 Å². The highest BCUT2D eigenvalue weighted by atomic mass is 32.2. The minimum Gasteiger partial charge on any atom is -0.316 e. The van der Waals surface area contributed by atoms with Gasteiger partial charge in [0.1, 0.15) is 0 Å². The molecular weight excluding hydrogens is 252 g/mol. The zero-order chi connectivity index (χ0) is 13.2. The van der Waals surface area contributed by atoms with Crippen molar-refractivity contribution in [2.45, 2.75) is 18.4 Å². The van der Waals surface area contributed by atoms with Crippen molar-refractivity contribution in [2.75, 3.05) is 19.6 Å². The Morgan fingerprint density at radius 2 is 2.39 bits per heavy atom. The number of aryl methyl sites for hydroxylation is 1. The first-order valence-corrected chi connectivity index (χ1v) is 7.67. The minimum absolute atomic E-state index is 0.207. The predicted octanol–water partition coefficient (Wildman–Crippen LogP) is -0.0560. The second-order valence-corrected chi connectivity index (χ2v) is 6.59. The van der Waals surface area contributed by atoms with Gasteiger partial charge in [-0.1, -0.05) is 6.92 Å².